The third kappa shape index (κ3) is 3.73. The monoisotopic (exact) mass is 342 g/mol. The van der Waals surface area contributed by atoms with Gasteiger partial charge in [0.05, 0.1) is 17.7 Å². The Balaban J connectivity index is 1.92. The molecule has 2 rings (SSSR count). The van der Waals surface area contributed by atoms with Gasteiger partial charge in [-0.15, -0.1) is 11.8 Å². The number of nitrogens with one attached hydrogen (secondary N) is 1. The maximum absolute atomic E-state index is 11.9. The quantitative estimate of drug-likeness (QED) is 0.912. The summed E-state index contributed by atoms with van der Waals surface area (Å²) in [7, 11) is 0. The molecule has 1 unspecified atom stereocenters. The number of hydrogen-bond acceptors (Lipinski definition) is 3. The van der Waals surface area contributed by atoms with E-state index in [1.807, 2.05) is 31.2 Å². The van der Waals surface area contributed by atoms with Gasteiger partial charge < -0.3 is 10.2 Å². The molecule has 0 aliphatic carbocycles. The van der Waals surface area contributed by atoms with Crippen LogP contribution in [0.25, 0.3) is 0 Å². The van der Waals surface area contributed by atoms with E-state index in [2.05, 4.69) is 21.2 Å². The van der Waals surface area contributed by atoms with E-state index in [-0.39, 0.29) is 24.4 Å². The molecule has 0 spiro atoms. The van der Waals surface area contributed by atoms with Gasteiger partial charge in [-0.05, 0) is 18.6 Å². The topological polar surface area (TPSA) is 49.4 Å². The summed E-state index contributed by atoms with van der Waals surface area (Å²) in [5.41, 5.74) is 1.03. The summed E-state index contributed by atoms with van der Waals surface area (Å²) in [5, 5.41) is 2.91. The van der Waals surface area contributed by atoms with Crippen molar-refractivity contribution in [2.45, 2.75) is 13.0 Å². The van der Waals surface area contributed by atoms with Crippen LogP contribution < -0.4 is 5.32 Å². The van der Waals surface area contributed by atoms with Crippen LogP contribution in [0.2, 0.25) is 0 Å². The Bertz CT molecular complexity index is 495. The fourth-order valence-electron chi connectivity index (χ4n) is 1.90. The van der Waals surface area contributed by atoms with Crippen molar-refractivity contribution in [2.75, 3.05) is 18.2 Å². The number of carbonyl (C=O) groups excluding carboxylic acids is 2. The summed E-state index contributed by atoms with van der Waals surface area (Å²) in [6.45, 7) is 2.07. The molecule has 102 valence electrons. The Morgan fingerprint density at radius 1 is 1.53 bits per heavy atom. The predicted octanol–water partition coefficient (Wildman–Crippen LogP) is 2.16. The van der Waals surface area contributed by atoms with E-state index in [1.165, 1.54) is 11.8 Å². The third-order valence-electron chi connectivity index (χ3n) is 2.91. The van der Waals surface area contributed by atoms with Gasteiger partial charge in [0.1, 0.15) is 6.54 Å². The Morgan fingerprint density at radius 3 is 2.89 bits per heavy atom. The van der Waals surface area contributed by atoms with Crippen molar-refractivity contribution in [3.8, 4) is 0 Å². The average molecular weight is 343 g/mol. The molecule has 1 aromatic rings. The van der Waals surface area contributed by atoms with E-state index in [0.717, 1.165) is 10.0 Å². The number of hydrogen-bond donors (Lipinski definition) is 1. The maximum atomic E-state index is 11.9. The van der Waals surface area contributed by atoms with Crippen LogP contribution in [0.4, 0.5) is 0 Å². The molecule has 1 aromatic carbocycles. The number of halogens is 1. The highest BCUT2D eigenvalue weighted by molar-refractivity contribution is 9.10. The zero-order valence-corrected chi connectivity index (χ0v) is 13.0. The first-order chi connectivity index (χ1) is 9.08. The van der Waals surface area contributed by atoms with Crippen LogP contribution in [-0.2, 0) is 9.59 Å². The van der Waals surface area contributed by atoms with E-state index in [0.29, 0.717) is 11.6 Å². The maximum Gasteiger partial charge on any atom is 0.240 e. The second kappa shape index (κ2) is 6.43. The molecular formula is C13H15BrN2O2S. The van der Waals surface area contributed by atoms with Crippen LogP contribution in [-0.4, -0.2) is 34.9 Å². The van der Waals surface area contributed by atoms with Gasteiger partial charge in [-0.3, -0.25) is 9.59 Å². The standard InChI is InChI=1S/C13H15BrN2O2S/c1-9(10-4-2-3-5-11(10)14)15-12(17)6-16-8-19-7-13(16)18/h2-5,9H,6-8H2,1H3,(H,15,17). The fourth-order valence-corrected chi connectivity index (χ4v) is 3.44. The van der Waals surface area contributed by atoms with Gasteiger partial charge in [-0.25, -0.2) is 0 Å². The van der Waals surface area contributed by atoms with Crippen LogP contribution in [0.1, 0.15) is 18.5 Å². The minimum atomic E-state index is -0.126. The first-order valence-electron chi connectivity index (χ1n) is 5.97. The number of amides is 2. The Hall–Kier alpha value is -1.01. The molecule has 0 saturated carbocycles. The summed E-state index contributed by atoms with van der Waals surface area (Å²) in [6, 6.07) is 7.68. The molecule has 1 aliphatic heterocycles. The van der Waals surface area contributed by atoms with E-state index in [1.54, 1.807) is 4.90 Å². The lowest BCUT2D eigenvalue weighted by Gasteiger charge is -2.19. The highest BCUT2D eigenvalue weighted by Crippen LogP contribution is 2.22. The SMILES string of the molecule is CC(NC(=O)CN1CSCC1=O)c1ccccc1Br. The average Bonchev–Trinajstić information content (AvgIpc) is 2.75. The van der Waals surface area contributed by atoms with Crippen LogP contribution in [0.3, 0.4) is 0 Å². The lowest BCUT2D eigenvalue weighted by Crippen LogP contribution is -2.39. The lowest BCUT2D eigenvalue weighted by molar-refractivity contribution is -0.132. The molecule has 1 saturated heterocycles. The van der Waals surface area contributed by atoms with Gasteiger partial charge in [0.2, 0.25) is 11.8 Å². The Morgan fingerprint density at radius 2 is 2.26 bits per heavy atom. The van der Waals surface area contributed by atoms with E-state index in [9.17, 15) is 9.59 Å². The summed E-state index contributed by atoms with van der Waals surface area (Å²) in [5.74, 6) is 0.996. The van der Waals surface area contributed by atoms with Crippen LogP contribution in [0, 0.1) is 0 Å². The first kappa shape index (κ1) is 14.4. The van der Waals surface area contributed by atoms with Gasteiger partial charge in [-0.2, -0.15) is 0 Å². The number of nitrogens with zero attached hydrogens (tertiary/aromatic N) is 1. The number of rotatable bonds is 4. The molecule has 4 nitrogen and oxygen atoms in total. The van der Waals surface area contributed by atoms with Crippen molar-refractivity contribution in [1.82, 2.24) is 10.2 Å². The molecule has 19 heavy (non-hydrogen) atoms. The molecular weight excluding hydrogens is 328 g/mol. The molecule has 0 radical (unpaired) electrons. The molecule has 1 fully saturated rings. The number of carbonyl (C=O) groups is 2. The normalized spacial score (nSPS) is 16.5. The lowest BCUT2D eigenvalue weighted by atomic mass is 10.1. The van der Waals surface area contributed by atoms with Crippen LogP contribution in [0.15, 0.2) is 28.7 Å². The molecule has 1 aliphatic rings. The van der Waals surface area contributed by atoms with Crippen molar-refractivity contribution in [1.29, 1.82) is 0 Å². The van der Waals surface area contributed by atoms with Gasteiger partial charge >= 0.3 is 0 Å². The highest BCUT2D eigenvalue weighted by atomic mass is 79.9. The van der Waals surface area contributed by atoms with E-state index in [4.69, 9.17) is 0 Å². The van der Waals surface area contributed by atoms with Crippen molar-refractivity contribution in [2.24, 2.45) is 0 Å². The minimum Gasteiger partial charge on any atom is -0.348 e. The largest absolute Gasteiger partial charge is 0.348 e. The molecule has 1 atom stereocenters. The molecule has 2 amide bonds. The predicted molar refractivity (Wildman–Crippen MR) is 79.7 cm³/mol. The Kier molecular flexibility index (Phi) is 4.87. The summed E-state index contributed by atoms with van der Waals surface area (Å²) < 4.78 is 0.968. The fraction of sp³-hybridized carbons (Fsp3) is 0.385. The summed E-state index contributed by atoms with van der Waals surface area (Å²) in [4.78, 5) is 24.9. The van der Waals surface area contributed by atoms with Gasteiger partial charge in [0.25, 0.3) is 0 Å². The van der Waals surface area contributed by atoms with Gasteiger partial charge in [0, 0.05) is 4.47 Å². The third-order valence-corrected chi connectivity index (χ3v) is 4.58. The van der Waals surface area contributed by atoms with Crippen molar-refractivity contribution in [3.63, 3.8) is 0 Å². The smallest absolute Gasteiger partial charge is 0.240 e. The minimum absolute atomic E-state index is 0.0358. The highest BCUT2D eigenvalue weighted by Gasteiger charge is 2.23. The van der Waals surface area contributed by atoms with Crippen molar-refractivity contribution < 1.29 is 9.59 Å². The van der Waals surface area contributed by atoms with E-state index < -0.39 is 0 Å². The van der Waals surface area contributed by atoms with Gasteiger partial charge in [0.15, 0.2) is 0 Å². The second-order valence-corrected chi connectivity index (χ2v) is 6.19. The van der Waals surface area contributed by atoms with Gasteiger partial charge in [-0.1, -0.05) is 34.1 Å². The second-order valence-electron chi connectivity index (χ2n) is 4.38. The zero-order chi connectivity index (χ0) is 13.8. The Labute approximate surface area is 125 Å². The summed E-state index contributed by atoms with van der Waals surface area (Å²) in [6.07, 6.45) is 0. The number of benzene rings is 1. The first-order valence-corrected chi connectivity index (χ1v) is 7.92. The molecule has 0 aromatic heterocycles. The van der Waals surface area contributed by atoms with Crippen molar-refractivity contribution >= 4 is 39.5 Å². The van der Waals surface area contributed by atoms with E-state index >= 15 is 0 Å². The van der Waals surface area contributed by atoms with Crippen molar-refractivity contribution in [3.05, 3.63) is 34.3 Å². The molecule has 6 heteroatoms. The molecule has 1 heterocycles. The molecule has 1 N–H and O–H groups in total. The van der Waals surface area contributed by atoms with Crippen LogP contribution in [0.5, 0.6) is 0 Å². The van der Waals surface area contributed by atoms with Crippen LogP contribution >= 0.6 is 27.7 Å². The summed E-state index contributed by atoms with van der Waals surface area (Å²) >= 11 is 5.00. The zero-order valence-electron chi connectivity index (χ0n) is 10.6. The number of thioether (sulfide) groups is 1. The molecule has 0 bridgehead atoms.